The number of ether oxygens (including phenoxy) is 3. The van der Waals surface area contributed by atoms with Crippen molar-refractivity contribution in [3.05, 3.63) is 65.2 Å². The first kappa shape index (κ1) is 46.3. The molecule has 0 radical (unpaired) electrons. The normalized spacial score (nSPS) is 15.9. The number of hydrogen-bond acceptors (Lipinski definition) is 10. The number of carbonyl (C=O) groups is 1. The number of allylic oxidation sites excluding steroid dienone is 2. The first-order valence-electron chi connectivity index (χ1n) is 18.2. The quantitative estimate of drug-likeness (QED) is 0.0825. The standard InChI is InChI=1S/C20H33FN4O3.C11H8F2O3.C5H12.C4H9N/c1-20(2,13-26)19-9-14-8-17(23-3)16(21)10-18(14)25(19)12-15(27)11-24-5-7-28-6-4-22;12-11(13)15-8-2-1-7(5-9(8)16-11)10(6-14)3-4-10;1-5(2,3)4;1-3-4(2)5/h8-10,15,23-24,26-27H,4-7,11-13,22H2,1-3H3;1-2,5-6H,3-4H2;1-4H3;3H,5H2,1-2H3/b;;;4-3-. The molecule has 1 fully saturated rings. The highest BCUT2D eigenvalue weighted by Gasteiger charge is 2.47. The number of carbonyl (C=O) groups excluding carboxylic acids is 1. The van der Waals surface area contributed by atoms with Gasteiger partial charge in [-0.05, 0) is 61.9 Å². The molecule has 8 N–H and O–H groups in total. The van der Waals surface area contributed by atoms with E-state index in [4.69, 9.17) is 16.2 Å². The molecule has 54 heavy (non-hydrogen) atoms. The van der Waals surface area contributed by atoms with E-state index in [0.717, 1.165) is 35.9 Å². The summed E-state index contributed by atoms with van der Waals surface area (Å²) in [6.07, 6.45) is -0.0361. The van der Waals surface area contributed by atoms with E-state index in [-0.39, 0.29) is 30.5 Å². The van der Waals surface area contributed by atoms with Gasteiger partial charge in [0, 0.05) is 54.9 Å². The van der Waals surface area contributed by atoms with Crippen LogP contribution in [0, 0.1) is 11.2 Å². The van der Waals surface area contributed by atoms with Crippen LogP contribution in [-0.2, 0) is 26.9 Å². The summed E-state index contributed by atoms with van der Waals surface area (Å²) in [5, 5.41) is 27.2. The number of nitrogens with two attached hydrogens (primary N) is 2. The van der Waals surface area contributed by atoms with Crippen LogP contribution < -0.4 is 31.6 Å². The number of alkyl halides is 2. The maximum absolute atomic E-state index is 14.4. The molecule has 1 aliphatic heterocycles. The Hall–Kier alpha value is -3.82. The van der Waals surface area contributed by atoms with Gasteiger partial charge in [-0.15, -0.1) is 8.78 Å². The fraction of sp³-hybridized carbons (Fsp3) is 0.575. The molecule has 1 atom stereocenters. The van der Waals surface area contributed by atoms with E-state index in [0.29, 0.717) is 55.0 Å². The predicted molar refractivity (Wildman–Crippen MR) is 209 cm³/mol. The molecule has 1 saturated carbocycles. The van der Waals surface area contributed by atoms with Gasteiger partial charge in [0.15, 0.2) is 11.5 Å². The number of aliphatic hydroxyl groups is 2. The second-order valence-electron chi connectivity index (χ2n) is 15.7. The lowest BCUT2D eigenvalue weighted by Gasteiger charge is -2.26. The van der Waals surface area contributed by atoms with Gasteiger partial charge < -0.3 is 55.9 Å². The summed E-state index contributed by atoms with van der Waals surface area (Å²) < 4.78 is 55.6. The summed E-state index contributed by atoms with van der Waals surface area (Å²) in [6, 6.07) is 9.67. The summed E-state index contributed by atoms with van der Waals surface area (Å²) >= 11 is 0. The zero-order valence-corrected chi connectivity index (χ0v) is 33.3. The zero-order valence-electron chi connectivity index (χ0n) is 33.3. The molecule has 1 aromatic heterocycles. The number of nitrogens with zero attached hydrogens (tertiary/aromatic N) is 1. The van der Waals surface area contributed by atoms with E-state index in [9.17, 15) is 28.2 Å². The van der Waals surface area contributed by atoms with E-state index in [1.54, 1.807) is 19.2 Å². The van der Waals surface area contributed by atoms with Crippen molar-refractivity contribution < 1.29 is 42.4 Å². The lowest BCUT2D eigenvalue weighted by Crippen LogP contribution is -2.34. The number of rotatable bonds is 14. The fourth-order valence-electron chi connectivity index (χ4n) is 5.06. The summed E-state index contributed by atoms with van der Waals surface area (Å²) in [5.41, 5.74) is 13.5. The van der Waals surface area contributed by atoms with Crippen molar-refractivity contribution in [3.8, 4) is 11.5 Å². The number of halogens is 3. The number of nitrogens with one attached hydrogen (secondary N) is 2. The van der Waals surface area contributed by atoms with Crippen LogP contribution in [0.4, 0.5) is 18.9 Å². The third kappa shape index (κ3) is 14.4. The van der Waals surface area contributed by atoms with Gasteiger partial charge in [-0.3, -0.25) is 0 Å². The SMILES string of the molecule is C/C=C(/C)N.CC(C)(C)C.CNc1cc2cc(C(C)(C)CO)n(CC(O)CNCCOCCN)c2cc1F.O=CC1(c2ccc3c(c2)OC(F)(F)O3)CC1. The minimum Gasteiger partial charge on any atom is -0.403 e. The second-order valence-corrected chi connectivity index (χ2v) is 15.7. The van der Waals surface area contributed by atoms with Crippen molar-refractivity contribution >= 4 is 22.9 Å². The molecule has 1 aliphatic carbocycles. The largest absolute Gasteiger partial charge is 0.586 e. The summed E-state index contributed by atoms with van der Waals surface area (Å²) in [7, 11) is 1.67. The molecule has 5 rings (SSSR count). The maximum Gasteiger partial charge on any atom is 0.586 e. The Morgan fingerprint density at radius 3 is 2.20 bits per heavy atom. The molecule has 0 amide bonds. The Kier molecular flexibility index (Phi) is 17.3. The van der Waals surface area contributed by atoms with Gasteiger partial charge in [-0.25, -0.2) is 4.39 Å². The van der Waals surface area contributed by atoms with Gasteiger partial charge >= 0.3 is 6.29 Å². The summed E-state index contributed by atoms with van der Waals surface area (Å²) in [5.74, 6) is -0.349. The number of anilines is 1. The predicted octanol–water partition coefficient (Wildman–Crippen LogP) is 6.18. The van der Waals surface area contributed by atoms with Crippen LogP contribution in [-0.4, -0.2) is 80.0 Å². The fourth-order valence-corrected chi connectivity index (χ4v) is 5.06. The molecule has 2 heterocycles. The molecule has 0 bridgehead atoms. The molecule has 1 unspecified atom stereocenters. The number of fused-ring (bicyclic) bond motifs is 2. The van der Waals surface area contributed by atoms with E-state index in [1.807, 2.05) is 44.4 Å². The van der Waals surface area contributed by atoms with Crippen molar-refractivity contribution in [2.75, 3.05) is 51.8 Å². The van der Waals surface area contributed by atoms with Crippen LogP contribution in [0.2, 0.25) is 0 Å². The Bertz CT molecular complexity index is 1660. The Morgan fingerprint density at radius 2 is 1.69 bits per heavy atom. The number of hydrogen-bond donors (Lipinski definition) is 6. The molecule has 0 spiro atoms. The van der Waals surface area contributed by atoms with Gasteiger partial charge in [-0.1, -0.05) is 53.7 Å². The van der Waals surface area contributed by atoms with Crippen molar-refractivity contribution in [2.24, 2.45) is 16.9 Å². The molecule has 304 valence electrons. The minimum atomic E-state index is -3.60. The average Bonchev–Trinajstić information content (AvgIpc) is 3.73. The maximum atomic E-state index is 14.4. The molecule has 0 saturated heterocycles. The lowest BCUT2D eigenvalue weighted by atomic mass is 9.90. The molecular weight excluding hydrogens is 703 g/mol. The van der Waals surface area contributed by atoms with Gasteiger partial charge in [-0.2, -0.15) is 0 Å². The van der Waals surface area contributed by atoms with E-state index < -0.39 is 23.2 Å². The highest BCUT2D eigenvalue weighted by atomic mass is 19.3. The number of aliphatic hydroxyl groups excluding tert-OH is 2. The topological polar surface area (TPSA) is 166 Å². The number of aldehydes is 1. The van der Waals surface area contributed by atoms with E-state index in [2.05, 4.69) is 47.8 Å². The minimum absolute atomic E-state index is 0.00405. The monoisotopic (exact) mass is 765 g/mol. The lowest BCUT2D eigenvalue weighted by molar-refractivity contribution is -0.286. The van der Waals surface area contributed by atoms with Crippen LogP contribution in [0.5, 0.6) is 11.5 Å². The van der Waals surface area contributed by atoms with Crippen LogP contribution in [0.3, 0.4) is 0 Å². The molecule has 11 nitrogen and oxygen atoms in total. The van der Waals surface area contributed by atoms with Crippen LogP contribution in [0.1, 0.15) is 79.5 Å². The van der Waals surface area contributed by atoms with Gasteiger partial charge in [0.1, 0.15) is 12.1 Å². The first-order valence-corrected chi connectivity index (χ1v) is 18.2. The van der Waals surface area contributed by atoms with E-state index in [1.165, 1.54) is 18.2 Å². The summed E-state index contributed by atoms with van der Waals surface area (Å²) in [6.45, 7) is 19.1. The van der Waals surface area contributed by atoms with Gasteiger partial charge in [0.05, 0.1) is 49.1 Å². The Labute approximate surface area is 318 Å². The van der Waals surface area contributed by atoms with Crippen molar-refractivity contribution in [1.82, 2.24) is 9.88 Å². The first-order chi connectivity index (χ1) is 25.2. The van der Waals surface area contributed by atoms with Crippen LogP contribution >= 0.6 is 0 Å². The van der Waals surface area contributed by atoms with Crippen LogP contribution in [0.15, 0.2) is 48.2 Å². The second kappa shape index (κ2) is 20.2. The molecular formula is C40H62F3N5O6. The van der Waals surface area contributed by atoms with Gasteiger partial charge in [0.2, 0.25) is 0 Å². The Balaban J connectivity index is 0.000000321. The van der Waals surface area contributed by atoms with Crippen molar-refractivity contribution in [2.45, 2.75) is 98.0 Å². The smallest absolute Gasteiger partial charge is 0.403 e. The highest BCUT2D eigenvalue weighted by Crippen LogP contribution is 2.50. The molecule has 14 heteroatoms. The van der Waals surface area contributed by atoms with Crippen LogP contribution in [0.25, 0.3) is 10.9 Å². The van der Waals surface area contributed by atoms with Crippen molar-refractivity contribution in [1.29, 1.82) is 0 Å². The highest BCUT2D eigenvalue weighted by molar-refractivity contribution is 5.85. The van der Waals surface area contributed by atoms with Crippen molar-refractivity contribution in [3.63, 3.8) is 0 Å². The average molecular weight is 766 g/mol. The van der Waals surface area contributed by atoms with Gasteiger partial charge in [0.25, 0.3) is 0 Å². The summed E-state index contributed by atoms with van der Waals surface area (Å²) in [4.78, 5) is 10.9. The number of aromatic nitrogens is 1. The Morgan fingerprint density at radius 1 is 1.07 bits per heavy atom. The zero-order chi connectivity index (χ0) is 40.9. The molecule has 2 aromatic carbocycles. The third-order valence-corrected chi connectivity index (χ3v) is 8.25. The molecule has 3 aromatic rings. The number of benzene rings is 2. The van der Waals surface area contributed by atoms with E-state index >= 15 is 0 Å². The molecule has 2 aliphatic rings. The third-order valence-electron chi connectivity index (χ3n) is 8.25.